The summed E-state index contributed by atoms with van der Waals surface area (Å²) in [6, 6.07) is 30.6. The van der Waals surface area contributed by atoms with Crippen LogP contribution in [0.2, 0.25) is 0 Å². The van der Waals surface area contributed by atoms with Crippen molar-refractivity contribution in [3.8, 4) is 5.69 Å². The number of nitrogens with zero attached hydrogens (tertiary/aromatic N) is 1. The van der Waals surface area contributed by atoms with Crippen LogP contribution in [0, 0.1) is 6.92 Å². The molecule has 2 nitrogen and oxygen atoms in total. The SMILES string of the molecule is Cc1ccc2[nH]c3ccc(-n4c5ccccc5c5ccccc54)cc3c2c1. The lowest BCUT2D eigenvalue weighted by molar-refractivity contribution is 1.19. The molecule has 0 amide bonds. The maximum atomic E-state index is 3.54. The van der Waals surface area contributed by atoms with Gasteiger partial charge in [-0.25, -0.2) is 0 Å². The van der Waals surface area contributed by atoms with E-state index < -0.39 is 0 Å². The smallest absolute Gasteiger partial charge is 0.0541 e. The van der Waals surface area contributed by atoms with Crippen molar-refractivity contribution in [3.05, 3.63) is 90.5 Å². The first-order valence-electron chi connectivity index (χ1n) is 9.30. The summed E-state index contributed by atoms with van der Waals surface area (Å²) >= 11 is 0. The molecule has 4 aromatic carbocycles. The molecule has 0 aliphatic rings. The average Bonchev–Trinajstić information content (AvgIpc) is 3.23. The minimum atomic E-state index is 1.18. The first-order valence-corrected chi connectivity index (χ1v) is 9.30. The molecule has 0 atom stereocenters. The number of aromatic amines is 1. The molecule has 6 aromatic rings. The van der Waals surface area contributed by atoms with Crippen LogP contribution in [0.1, 0.15) is 5.56 Å². The van der Waals surface area contributed by atoms with Gasteiger partial charge in [-0.2, -0.15) is 0 Å². The lowest BCUT2D eigenvalue weighted by atomic mass is 10.1. The van der Waals surface area contributed by atoms with Gasteiger partial charge in [0.25, 0.3) is 0 Å². The molecule has 128 valence electrons. The number of hydrogen-bond donors (Lipinski definition) is 1. The number of benzene rings is 4. The van der Waals surface area contributed by atoms with Crippen LogP contribution in [-0.4, -0.2) is 9.55 Å². The molecular formula is C25H18N2. The minimum absolute atomic E-state index is 1.18. The molecule has 2 heterocycles. The second-order valence-corrected chi connectivity index (χ2v) is 7.27. The minimum Gasteiger partial charge on any atom is -0.355 e. The average molecular weight is 346 g/mol. The van der Waals surface area contributed by atoms with Gasteiger partial charge in [0.15, 0.2) is 0 Å². The highest BCUT2D eigenvalue weighted by molar-refractivity contribution is 6.11. The Labute approximate surface area is 156 Å². The Morgan fingerprint density at radius 3 is 1.89 bits per heavy atom. The zero-order valence-electron chi connectivity index (χ0n) is 15.0. The highest BCUT2D eigenvalue weighted by Gasteiger charge is 2.12. The predicted molar refractivity (Wildman–Crippen MR) is 115 cm³/mol. The quantitative estimate of drug-likeness (QED) is 0.341. The molecule has 0 unspecified atom stereocenters. The largest absolute Gasteiger partial charge is 0.355 e. The molecule has 1 N–H and O–H groups in total. The van der Waals surface area contributed by atoms with Crippen LogP contribution in [0.4, 0.5) is 0 Å². The van der Waals surface area contributed by atoms with Crippen LogP contribution in [0.3, 0.4) is 0 Å². The molecule has 0 radical (unpaired) electrons. The third-order valence-corrected chi connectivity index (χ3v) is 5.58. The predicted octanol–water partition coefficient (Wildman–Crippen LogP) is 6.73. The number of fused-ring (bicyclic) bond motifs is 6. The van der Waals surface area contributed by atoms with Gasteiger partial charge in [0.05, 0.1) is 11.0 Å². The van der Waals surface area contributed by atoms with Crippen LogP contribution in [0.15, 0.2) is 84.9 Å². The van der Waals surface area contributed by atoms with Gasteiger partial charge in [0.2, 0.25) is 0 Å². The third-order valence-electron chi connectivity index (χ3n) is 5.58. The van der Waals surface area contributed by atoms with Crippen molar-refractivity contribution in [1.29, 1.82) is 0 Å². The van der Waals surface area contributed by atoms with Crippen molar-refractivity contribution in [2.75, 3.05) is 0 Å². The zero-order chi connectivity index (χ0) is 18.0. The van der Waals surface area contributed by atoms with E-state index in [1.54, 1.807) is 0 Å². The number of para-hydroxylation sites is 2. The molecule has 0 spiro atoms. The van der Waals surface area contributed by atoms with Crippen LogP contribution in [-0.2, 0) is 0 Å². The van der Waals surface area contributed by atoms with E-state index in [4.69, 9.17) is 0 Å². The fraction of sp³-hybridized carbons (Fsp3) is 0.0400. The van der Waals surface area contributed by atoms with E-state index >= 15 is 0 Å². The number of hydrogen-bond acceptors (Lipinski definition) is 0. The number of aryl methyl sites for hydroxylation is 1. The van der Waals surface area contributed by atoms with Gasteiger partial charge in [0.1, 0.15) is 0 Å². The number of H-pyrrole nitrogens is 1. The molecular weight excluding hydrogens is 328 g/mol. The van der Waals surface area contributed by atoms with Gasteiger partial charge in [-0.1, -0.05) is 48.0 Å². The number of nitrogens with one attached hydrogen (secondary N) is 1. The molecule has 2 heteroatoms. The van der Waals surface area contributed by atoms with Gasteiger partial charge in [-0.3, -0.25) is 0 Å². The molecule has 0 aliphatic carbocycles. The van der Waals surface area contributed by atoms with Crippen LogP contribution in [0.5, 0.6) is 0 Å². The number of rotatable bonds is 1. The van der Waals surface area contributed by atoms with Crippen LogP contribution in [0.25, 0.3) is 49.3 Å². The summed E-state index contributed by atoms with van der Waals surface area (Å²) in [5.41, 5.74) is 7.34. The Balaban J connectivity index is 1.74. The first-order chi connectivity index (χ1) is 13.3. The van der Waals surface area contributed by atoms with Gasteiger partial charge < -0.3 is 9.55 Å². The van der Waals surface area contributed by atoms with E-state index in [0.717, 1.165) is 0 Å². The van der Waals surface area contributed by atoms with Crippen molar-refractivity contribution in [1.82, 2.24) is 9.55 Å². The fourth-order valence-corrected chi connectivity index (χ4v) is 4.34. The molecule has 0 saturated heterocycles. The summed E-state index contributed by atoms with van der Waals surface area (Å²) in [4.78, 5) is 3.54. The Hall–Kier alpha value is -3.52. The topological polar surface area (TPSA) is 20.7 Å². The summed E-state index contributed by atoms with van der Waals surface area (Å²) < 4.78 is 2.37. The maximum absolute atomic E-state index is 3.54. The number of aromatic nitrogens is 2. The fourth-order valence-electron chi connectivity index (χ4n) is 4.34. The van der Waals surface area contributed by atoms with E-state index in [2.05, 4.69) is 101 Å². The summed E-state index contributed by atoms with van der Waals surface area (Å²) in [5, 5.41) is 5.15. The van der Waals surface area contributed by atoms with Crippen LogP contribution < -0.4 is 0 Å². The van der Waals surface area contributed by atoms with Gasteiger partial charge >= 0.3 is 0 Å². The Bertz CT molecular complexity index is 1430. The Morgan fingerprint density at radius 2 is 1.19 bits per heavy atom. The summed E-state index contributed by atoms with van der Waals surface area (Å²) in [5.74, 6) is 0. The molecule has 6 rings (SSSR count). The van der Waals surface area contributed by atoms with E-state index in [1.165, 1.54) is 54.9 Å². The van der Waals surface area contributed by atoms with Gasteiger partial charge in [-0.15, -0.1) is 0 Å². The van der Waals surface area contributed by atoms with E-state index in [0.29, 0.717) is 0 Å². The van der Waals surface area contributed by atoms with Crippen molar-refractivity contribution in [3.63, 3.8) is 0 Å². The lowest BCUT2D eigenvalue weighted by Gasteiger charge is -2.08. The molecule has 27 heavy (non-hydrogen) atoms. The van der Waals surface area contributed by atoms with E-state index in [-0.39, 0.29) is 0 Å². The van der Waals surface area contributed by atoms with E-state index in [9.17, 15) is 0 Å². The van der Waals surface area contributed by atoms with Gasteiger partial charge in [0, 0.05) is 38.3 Å². The van der Waals surface area contributed by atoms with Crippen molar-refractivity contribution in [2.45, 2.75) is 6.92 Å². The zero-order valence-corrected chi connectivity index (χ0v) is 15.0. The summed E-state index contributed by atoms with van der Waals surface area (Å²) in [7, 11) is 0. The molecule has 0 aliphatic heterocycles. The maximum Gasteiger partial charge on any atom is 0.0541 e. The monoisotopic (exact) mass is 346 g/mol. The normalized spacial score (nSPS) is 11.9. The van der Waals surface area contributed by atoms with Gasteiger partial charge in [-0.05, 0) is 49.4 Å². The lowest BCUT2D eigenvalue weighted by Crippen LogP contribution is -1.93. The summed E-state index contributed by atoms with van der Waals surface area (Å²) in [6.45, 7) is 2.15. The third kappa shape index (κ3) is 2.01. The van der Waals surface area contributed by atoms with E-state index in [1.807, 2.05) is 0 Å². The Kier molecular flexibility index (Phi) is 2.84. The van der Waals surface area contributed by atoms with Crippen molar-refractivity contribution >= 4 is 43.6 Å². The highest BCUT2D eigenvalue weighted by Crippen LogP contribution is 2.34. The summed E-state index contributed by atoms with van der Waals surface area (Å²) in [6.07, 6.45) is 0. The first kappa shape index (κ1) is 14.6. The second-order valence-electron chi connectivity index (χ2n) is 7.27. The van der Waals surface area contributed by atoms with Crippen LogP contribution >= 0.6 is 0 Å². The molecule has 0 bridgehead atoms. The molecule has 2 aromatic heterocycles. The second kappa shape index (κ2) is 5.24. The Morgan fingerprint density at radius 1 is 0.593 bits per heavy atom. The molecule has 0 saturated carbocycles. The van der Waals surface area contributed by atoms with Crippen molar-refractivity contribution in [2.24, 2.45) is 0 Å². The molecule has 0 fully saturated rings. The van der Waals surface area contributed by atoms with Crippen molar-refractivity contribution < 1.29 is 0 Å². The standard InChI is InChI=1S/C25H18N2/c1-16-10-12-22-20(14-16)21-15-17(11-13-23(21)26-22)27-24-8-4-2-6-18(24)19-7-3-5-9-25(19)27/h2-15,26H,1H3. The highest BCUT2D eigenvalue weighted by atomic mass is 15.0.